The van der Waals surface area contributed by atoms with Crippen LogP contribution >= 0.6 is 0 Å². The summed E-state index contributed by atoms with van der Waals surface area (Å²) in [5.74, 6) is -15.0. The van der Waals surface area contributed by atoms with Gasteiger partial charge in [0.05, 0.1) is 19.8 Å². The number of amides is 1. The molecule has 242 valence electrons. The number of carbonyl (C=O) groups is 2. The zero-order valence-electron chi connectivity index (χ0n) is 23.1. The summed E-state index contributed by atoms with van der Waals surface area (Å²) in [4.78, 5) is 24.3. The number of nitrogens with zero attached hydrogens (tertiary/aromatic N) is 1. The molecule has 0 aliphatic carbocycles. The highest BCUT2D eigenvalue weighted by molar-refractivity contribution is 5.72. The Morgan fingerprint density at radius 1 is 0.881 bits per heavy atom. The van der Waals surface area contributed by atoms with Gasteiger partial charge in [-0.05, 0) is 30.0 Å². The van der Waals surface area contributed by atoms with E-state index in [1.165, 1.54) is 24.3 Å². The van der Waals surface area contributed by atoms with Crippen LogP contribution in [0.2, 0.25) is 0 Å². The topological polar surface area (TPSA) is 94.5 Å². The summed E-state index contributed by atoms with van der Waals surface area (Å²) in [5, 5.41) is 9.17. The number of hydrogen-bond donors (Lipinski definition) is 1. The molecule has 1 N–H and O–H groups in total. The van der Waals surface area contributed by atoms with Crippen LogP contribution < -0.4 is 4.74 Å². The third-order valence-electron chi connectivity index (χ3n) is 5.26. The minimum absolute atomic E-state index is 0.0510. The van der Waals surface area contributed by atoms with Gasteiger partial charge in [-0.25, -0.2) is 9.59 Å². The molecule has 1 amide bonds. The molecule has 0 radical (unpaired) electrons. The van der Waals surface area contributed by atoms with Gasteiger partial charge in [0.2, 0.25) is 0 Å². The molecule has 1 atom stereocenters. The van der Waals surface area contributed by atoms with E-state index in [-0.39, 0.29) is 32.0 Å². The molecule has 0 heterocycles. The van der Waals surface area contributed by atoms with Crippen molar-refractivity contribution in [2.75, 3.05) is 39.5 Å². The Morgan fingerprint density at radius 3 is 1.90 bits per heavy atom. The van der Waals surface area contributed by atoms with E-state index >= 15 is 0 Å². The van der Waals surface area contributed by atoms with Crippen molar-refractivity contribution < 1.29 is 73.2 Å². The van der Waals surface area contributed by atoms with Gasteiger partial charge in [0.1, 0.15) is 12.4 Å². The smallest absolute Gasteiger partial charge is 0.460 e. The summed E-state index contributed by atoms with van der Waals surface area (Å²) in [6.07, 6.45) is -15.4. The summed E-state index contributed by atoms with van der Waals surface area (Å²) in [7, 11) is 0. The summed E-state index contributed by atoms with van der Waals surface area (Å²) in [6.45, 7) is 3.36. The third-order valence-corrected chi connectivity index (χ3v) is 5.26. The SMILES string of the molecule is CCOC(Cc1ccc(OCCN(CCOC(F)(F)C(F)(F)C(F)(F)C(F)(F)F)C(=O)OCC(C)(C)C)cc1)C(=O)O. The molecule has 8 nitrogen and oxygen atoms in total. The first kappa shape index (κ1) is 37.1. The summed E-state index contributed by atoms with van der Waals surface area (Å²) in [6, 6.07) is 5.98. The van der Waals surface area contributed by atoms with Crippen molar-refractivity contribution in [2.45, 2.75) is 64.3 Å². The minimum atomic E-state index is -7.12. The van der Waals surface area contributed by atoms with Crippen LogP contribution in [0.15, 0.2) is 24.3 Å². The van der Waals surface area contributed by atoms with Gasteiger partial charge in [-0.1, -0.05) is 32.9 Å². The van der Waals surface area contributed by atoms with Gasteiger partial charge < -0.3 is 29.0 Å². The van der Waals surface area contributed by atoms with Crippen LogP contribution in [-0.2, 0) is 25.4 Å². The van der Waals surface area contributed by atoms with E-state index in [9.17, 15) is 54.2 Å². The molecule has 0 bridgehead atoms. The lowest BCUT2D eigenvalue weighted by atomic mass is 9.99. The fraction of sp³-hybridized carbons (Fsp3) is 0.680. The Bertz CT molecular complexity index is 1010. The second-order valence-electron chi connectivity index (χ2n) is 10.1. The van der Waals surface area contributed by atoms with E-state index < -0.39 is 67.4 Å². The molecule has 1 aromatic carbocycles. The lowest BCUT2D eigenvalue weighted by Gasteiger charge is -2.33. The van der Waals surface area contributed by atoms with E-state index in [4.69, 9.17) is 14.2 Å². The Morgan fingerprint density at radius 2 is 1.43 bits per heavy atom. The predicted molar refractivity (Wildman–Crippen MR) is 128 cm³/mol. The second-order valence-corrected chi connectivity index (χ2v) is 10.1. The van der Waals surface area contributed by atoms with Crippen LogP contribution in [-0.4, -0.2) is 91.8 Å². The minimum Gasteiger partial charge on any atom is -0.492 e. The number of rotatable bonds is 16. The molecule has 0 saturated carbocycles. The Labute approximate surface area is 235 Å². The van der Waals surface area contributed by atoms with Gasteiger partial charge in [-0.15, -0.1) is 0 Å². The number of benzene rings is 1. The molecule has 0 aliphatic rings. The first-order valence-corrected chi connectivity index (χ1v) is 12.4. The average Bonchev–Trinajstić information content (AvgIpc) is 2.85. The molecule has 17 heteroatoms. The highest BCUT2D eigenvalue weighted by Crippen LogP contribution is 2.53. The number of alkyl halides is 9. The zero-order valence-corrected chi connectivity index (χ0v) is 23.1. The highest BCUT2D eigenvalue weighted by atomic mass is 19.4. The lowest BCUT2D eigenvalue weighted by molar-refractivity contribution is -0.443. The van der Waals surface area contributed by atoms with Crippen molar-refractivity contribution in [3.63, 3.8) is 0 Å². The van der Waals surface area contributed by atoms with E-state index in [0.29, 0.717) is 10.5 Å². The van der Waals surface area contributed by atoms with Crippen LogP contribution in [0.1, 0.15) is 33.3 Å². The van der Waals surface area contributed by atoms with Crippen molar-refractivity contribution >= 4 is 12.1 Å². The number of carboxylic acid groups (broad SMARTS) is 1. The number of halogens is 9. The van der Waals surface area contributed by atoms with Crippen molar-refractivity contribution in [2.24, 2.45) is 5.41 Å². The van der Waals surface area contributed by atoms with Crippen molar-refractivity contribution in [1.82, 2.24) is 4.90 Å². The second kappa shape index (κ2) is 14.5. The molecule has 0 saturated heterocycles. The van der Waals surface area contributed by atoms with Gasteiger partial charge in [0, 0.05) is 19.6 Å². The molecule has 0 spiro atoms. The van der Waals surface area contributed by atoms with Crippen LogP contribution in [0.3, 0.4) is 0 Å². The van der Waals surface area contributed by atoms with Crippen molar-refractivity contribution in [1.29, 1.82) is 0 Å². The van der Waals surface area contributed by atoms with E-state index in [0.717, 1.165) is 0 Å². The largest absolute Gasteiger partial charge is 0.492 e. The van der Waals surface area contributed by atoms with Crippen LogP contribution in [0, 0.1) is 5.41 Å². The van der Waals surface area contributed by atoms with Crippen LogP contribution in [0.5, 0.6) is 5.75 Å². The molecule has 1 aromatic rings. The standard InChI is InChI=1S/C25H32F9NO7/c1-5-39-18(19(36)37)14-16-6-8-17(9-7-16)40-12-10-35(20(38)41-15-21(2,3)4)11-13-42-25(33,34)23(28,29)22(26,27)24(30,31)32/h6-9,18H,5,10-15H2,1-4H3,(H,36,37). The molecule has 0 fully saturated rings. The Kier molecular flexibility index (Phi) is 12.8. The highest BCUT2D eigenvalue weighted by Gasteiger charge is 2.82. The van der Waals surface area contributed by atoms with Crippen LogP contribution in [0.4, 0.5) is 44.3 Å². The lowest BCUT2D eigenvalue weighted by Crippen LogP contribution is -2.62. The van der Waals surface area contributed by atoms with Crippen LogP contribution in [0.25, 0.3) is 0 Å². The number of aliphatic carboxylic acids is 1. The molecule has 42 heavy (non-hydrogen) atoms. The quantitative estimate of drug-likeness (QED) is 0.224. The maximum absolute atomic E-state index is 13.7. The number of carbonyl (C=O) groups excluding carboxylic acids is 1. The molecule has 1 unspecified atom stereocenters. The third kappa shape index (κ3) is 10.4. The van der Waals surface area contributed by atoms with Gasteiger partial charge >= 0.3 is 36.2 Å². The number of ether oxygens (including phenoxy) is 4. The fourth-order valence-electron chi connectivity index (χ4n) is 3.03. The average molecular weight is 630 g/mol. The maximum Gasteiger partial charge on any atom is 0.460 e. The van der Waals surface area contributed by atoms with Crippen molar-refractivity contribution in [3.8, 4) is 5.75 Å². The van der Waals surface area contributed by atoms with Gasteiger partial charge in [0.15, 0.2) is 6.10 Å². The Balaban J connectivity index is 2.88. The first-order chi connectivity index (χ1) is 19.1. The van der Waals surface area contributed by atoms with Gasteiger partial charge in [-0.2, -0.15) is 39.5 Å². The molecular weight excluding hydrogens is 597 g/mol. The summed E-state index contributed by atoms with van der Waals surface area (Å²) >= 11 is 0. The van der Waals surface area contributed by atoms with Gasteiger partial charge in [0.25, 0.3) is 0 Å². The van der Waals surface area contributed by atoms with E-state index in [1.54, 1.807) is 27.7 Å². The monoisotopic (exact) mass is 629 g/mol. The van der Waals surface area contributed by atoms with E-state index in [1.807, 2.05) is 0 Å². The zero-order chi connectivity index (χ0) is 32.6. The molecule has 0 aliphatic heterocycles. The summed E-state index contributed by atoms with van der Waals surface area (Å²) in [5.41, 5.74) is 0.0254. The van der Waals surface area contributed by atoms with Crippen molar-refractivity contribution in [3.05, 3.63) is 29.8 Å². The first-order valence-electron chi connectivity index (χ1n) is 12.4. The molecule has 1 rings (SSSR count). The summed E-state index contributed by atoms with van der Waals surface area (Å²) < 4.78 is 136. The molecular formula is C25H32F9NO7. The number of carboxylic acids is 1. The molecule has 0 aromatic heterocycles. The predicted octanol–water partition coefficient (Wildman–Crippen LogP) is 6.02. The van der Waals surface area contributed by atoms with E-state index in [2.05, 4.69) is 4.74 Å². The number of hydrogen-bond acceptors (Lipinski definition) is 6. The maximum atomic E-state index is 13.7. The normalized spacial score (nSPS) is 13.9. The fourth-order valence-corrected chi connectivity index (χ4v) is 3.03. The van der Waals surface area contributed by atoms with Gasteiger partial charge in [-0.3, -0.25) is 0 Å². The Hall–Kier alpha value is -2.95.